The topological polar surface area (TPSA) is 52.6 Å². The molecule has 0 saturated heterocycles. The molecule has 15 heavy (non-hydrogen) atoms. The number of fused-ring (bicyclic) bond motifs is 2. The fourth-order valence-corrected chi connectivity index (χ4v) is 1.21. The number of ether oxygens (including phenoxy) is 2. The third-order valence-corrected chi connectivity index (χ3v) is 1.88. The van der Waals surface area contributed by atoms with Gasteiger partial charge in [0.05, 0.1) is 11.1 Å². The van der Waals surface area contributed by atoms with E-state index in [1.54, 1.807) is 18.2 Å². The van der Waals surface area contributed by atoms with Crippen molar-refractivity contribution < 1.29 is 19.1 Å². The van der Waals surface area contributed by atoms with Crippen molar-refractivity contribution in [1.82, 2.24) is 0 Å². The summed E-state index contributed by atoms with van der Waals surface area (Å²) in [5.41, 5.74) is 0.753. The Morgan fingerprint density at radius 2 is 1.40 bits per heavy atom. The van der Waals surface area contributed by atoms with Crippen LogP contribution in [0, 0.1) is 0 Å². The molecule has 1 radical (unpaired) electrons. The van der Waals surface area contributed by atoms with Crippen molar-refractivity contribution in [2.24, 2.45) is 0 Å². The molecule has 2 bridgehead atoms. The first kappa shape index (κ1) is 11.8. The normalized spacial score (nSPS) is 14.9. The molecule has 0 fully saturated rings. The predicted octanol–water partition coefficient (Wildman–Crippen LogP) is 0.633. The number of esters is 2. The molecule has 1 aliphatic rings. The summed E-state index contributed by atoms with van der Waals surface area (Å²) >= 11 is 0. The molecule has 0 unspecified atom stereocenters. The molecule has 0 aromatic heterocycles. The molecule has 1 aromatic carbocycles. The Kier molecular flexibility index (Phi) is 3.95. The molecule has 1 aliphatic heterocycles. The largest absolute Gasteiger partial charge is 0.458 e. The number of carbonyl (C=O) groups excluding carboxylic acids is 2. The van der Waals surface area contributed by atoms with E-state index in [0.717, 1.165) is 0 Å². The van der Waals surface area contributed by atoms with Gasteiger partial charge in [0.15, 0.2) is 0 Å². The SMILES string of the molecule is O=C1OCCOC(=O)c2cccc1c2.[Li]. The van der Waals surface area contributed by atoms with Gasteiger partial charge in [-0.1, -0.05) is 6.07 Å². The fraction of sp³-hybridized carbons (Fsp3) is 0.200. The first-order valence-electron chi connectivity index (χ1n) is 4.22. The van der Waals surface area contributed by atoms with E-state index in [1.165, 1.54) is 6.07 Å². The summed E-state index contributed by atoms with van der Waals surface area (Å²) in [6.45, 7) is 0.200. The molecule has 1 aromatic rings. The van der Waals surface area contributed by atoms with Crippen LogP contribution in [0.4, 0.5) is 0 Å². The van der Waals surface area contributed by atoms with Crippen molar-refractivity contribution in [3.8, 4) is 0 Å². The minimum atomic E-state index is -0.426. The van der Waals surface area contributed by atoms with Crippen LogP contribution in [0.5, 0.6) is 0 Å². The van der Waals surface area contributed by atoms with Crippen LogP contribution in [-0.2, 0) is 9.47 Å². The quantitative estimate of drug-likeness (QED) is 0.454. The maximum absolute atomic E-state index is 11.3. The summed E-state index contributed by atoms with van der Waals surface area (Å²) in [5, 5.41) is 0. The molecular formula is C10H8LiO4. The van der Waals surface area contributed by atoms with Gasteiger partial charge in [0, 0.05) is 18.9 Å². The van der Waals surface area contributed by atoms with Crippen molar-refractivity contribution >= 4 is 30.8 Å². The van der Waals surface area contributed by atoms with Gasteiger partial charge in [-0.25, -0.2) is 9.59 Å². The smallest absolute Gasteiger partial charge is 0.338 e. The summed E-state index contributed by atoms with van der Waals surface area (Å²) in [4.78, 5) is 22.6. The van der Waals surface area contributed by atoms with Gasteiger partial charge in [0.1, 0.15) is 13.2 Å². The molecule has 5 heteroatoms. The average Bonchev–Trinajstić information content (AvgIpc) is 2.26. The molecule has 0 spiro atoms. The first-order chi connectivity index (χ1) is 6.77. The molecule has 0 atom stereocenters. The Morgan fingerprint density at radius 1 is 0.933 bits per heavy atom. The summed E-state index contributed by atoms with van der Waals surface area (Å²) in [7, 11) is 0. The van der Waals surface area contributed by atoms with Gasteiger partial charge in [-0.3, -0.25) is 0 Å². The van der Waals surface area contributed by atoms with E-state index in [0.29, 0.717) is 11.1 Å². The van der Waals surface area contributed by atoms with E-state index < -0.39 is 11.9 Å². The van der Waals surface area contributed by atoms with Gasteiger partial charge in [0.2, 0.25) is 0 Å². The molecule has 0 saturated carbocycles. The maximum atomic E-state index is 11.3. The molecular weight excluding hydrogens is 191 g/mol. The van der Waals surface area contributed by atoms with E-state index in [-0.39, 0.29) is 32.1 Å². The minimum absolute atomic E-state index is 0. The van der Waals surface area contributed by atoms with E-state index in [2.05, 4.69) is 0 Å². The second kappa shape index (κ2) is 5.01. The monoisotopic (exact) mass is 199 g/mol. The van der Waals surface area contributed by atoms with Gasteiger partial charge in [-0.2, -0.15) is 0 Å². The van der Waals surface area contributed by atoms with Crippen LogP contribution in [0.15, 0.2) is 24.3 Å². The molecule has 0 amide bonds. The number of rotatable bonds is 0. The fourth-order valence-electron chi connectivity index (χ4n) is 1.21. The maximum Gasteiger partial charge on any atom is 0.338 e. The number of hydrogen-bond acceptors (Lipinski definition) is 4. The van der Waals surface area contributed by atoms with Gasteiger partial charge in [-0.05, 0) is 18.2 Å². The second-order valence-electron chi connectivity index (χ2n) is 2.85. The number of hydrogen-bond donors (Lipinski definition) is 0. The van der Waals surface area contributed by atoms with Gasteiger partial charge in [0.25, 0.3) is 0 Å². The van der Waals surface area contributed by atoms with Crippen molar-refractivity contribution in [3.05, 3.63) is 35.4 Å². The third kappa shape index (κ3) is 2.62. The van der Waals surface area contributed by atoms with Crippen LogP contribution in [0.2, 0.25) is 0 Å². The minimum Gasteiger partial charge on any atom is -0.458 e. The van der Waals surface area contributed by atoms with Crippen LogP contribution in [-0.4, -0.2) is 44.0 Å². The van der Waals surface area contributed by atoms with Gasteiger partial charge in [-0.15, -0.1) is 0 Å². The zero-order chi connectivity index (χ0) is 9.97. The van der Waals surface area contributed by atoms with Crippen LogP contribution >= 0.6 is 0 Å². The standard InChI is InChI=1S/C10H8O4.Li/c11-9-7-2-1-3-8(6-7)10(12)14-5-4-13-9;/h1-3,6H,4-5H2;. The van der Waals surface area contributed by atoms with Crippen LogP contribution in [0.3, 0.4) is 0 Å². The third-order valence-electron chi connectivity index (χ3n) is 1.88. The molecule has 4 nitrogen and oxygen atoms in total. The van der Waals surface area contributed by atoms with E-state index in [9.17, 15) is 9.59 Å². The molecule has 1 heterocycles. The van der Waals surface area contributed by atoms with E-state index >= 15 is 0 Å². The van der Waals surface area contributed by atoms with Crippen molar-refractivity contribution in [1.29, 1.82) is 0 Å². The Hall–Kier alpha value is -1.24. The predicted molar refractivity (Wildman–Crippen MR) is 52.8 cm³/mol. The van der Waals surface area contributed by atoms with Gasteiger partial charge < -0.3 is 9.47 Å². The zero-order valence-corrected chi connectivity index (χ0v) is 8.36. The van der Waals surface area contributed by atoms with E-state index in [1.807, 2.05) is 0 Å². The van der Waals surface area contributed by atoms with Crippen LogP contribution in [0.1, 0.15) is 20.7 Å². The average molecular weight is 199 g/mol. The number of carbonyl (C=O) groups is 2. The Bertz CT molecular complexity index is 356. The van der Waals surface area contributed by atoms with Crippen molar-refractivity contribution in [2.45, 2.75) is 0 Å². The summed E-state index contributed by atoms with van der Waals surface area (Å²) in [6.07, 6.45) is 0. The van der Waals surface area contributed by atoms with Crippen LogP contribution < -0.4 is 0 Å². The number of benzene rings is 1. The van der Waals surface area contributed by atoms with Crippen molar-refractivity contribution in [3.63, 3.8) is 0 Å². The van der Waals surface area contributed by atoms with Crippen LogP contribution in [0.25, 0.3) is 0 Å². The Balaban J connectivity index is 0.00000112. The number of cyclic esters (lactones) is 2. The van der Waals surface area contributed by atoms with Crippen molar-refractivity contribution in [2.75, 3.05) is 13.2 Å². The second-order valence-corrected chi connectivity index (χ2v) is 2.85. The Labute approximate surface area is 98.7 Å². The zero-order valence-electron chi connectivity index (χ0n) is 8.36. The summed E-state index contributed by atoms with van der Waals surface area (Å²) < 4.78 is 9.67. The molecule has 2 rings (SSSR count). The summed E-state index contributed by atoms with van der Waals surface area (Å²) in [6, 6.07) is 6.30. The molecule has 0 aliphatic carbocycles. The van der Waals surface area contributed by atoms with E-state index in [4.69, 9.17) is 9.47 Å². The van der Waals surface area contributed by atoms with Gasteiger partial charge >= 0.3 is 11.9 Å². The first-order valence-corrected chi connectivity index (χ1v) is 4.22. The Morgan fingerprint density at radius 3 is 1.87 bits per heavy atom. The molecule has 73 valence electrons. The summed E-state index contributed by atoms with van der Waals surface area (Å²) in [5.74, 6) is -0.852. The molecule has 0 N–H and O–H groups in total.